The zero-order chi connectivity index (χ0) is 13.5. The van der Waals surface area contributed by atoms with Crippen molar-refractivity contribution in [3.8, 4) is 16.9 Å². The van der Waals surface area contributed by atoms with Crippen molar-refractivity contribution in [3.05, 3.63) is 53.8 Å². The molecule has 0 fully saturated rings. The van der Waals surface area contributed by atoms with Crippen LogP contribution in [0.2, 0.25) is 0 Å². The number of rotatable bonds is 2. The predicted octanol–water partition coefficient (Wildman–Crippen LogP) is 4.14. The summed E-state index contributed by atoms with van der Waals surface area (Å²) < 4.78 is 16.4. The quantitative estimate of drug-likeness (QED) is 0.698. The molecule has 0 N–H and O–H groups in total. The molecule has 100 valence electrons. The number of ether oxygens (including phenoxy) is 2. The highest BCUT2D eigenvalue weighted by Gasteiger charge is 2.20. The van der Waals surface area contributed by atoms with Crippen LogP contribution in [0.4, 0.5) is 0 Å². The van der Waals surface area contributed by atoms with Crippen molar-refractivity contribution in [1.82, 2.24) is 0 Å². The van der Waals surface area contributed by atoms with Gasteiger partial charge in [-0.05, 0) is 46.5 Å². The van der Waals surface area contributed by atoms with E-state index in [4.69, 9.17) is 13.9 Å². The van der Waals surface area contributed by atoms with Gasteiger partial charge in [-0.1, -0.05) is 12.1 Å². The van der Waals surface area contributed by atoms with Crippen molar-refractivity contribution in [2.24, 2.45) is 0 Å². The molecule has 3 aromatic rings. The lowest BCUT2D eigenvalue weighted by Crippen LogP contribution is -1.90. The molecule has 2 heterocycles. The maximum atomic E-state index is 5.60. The smallest absolute Gasteiger partial charge is 0.134 e. The second-order valence-corrected chi connectivity index (χ2v) is 4.94. The van der Waals surface area contributed by atoms with Gasteiger partial charge >= 0.3 is 0 Å². The standard InChI is InChI=1S/C17H14O3/c1-18-13-4-2-11(3-5-13)17-14-6-7-20-16(14)8-12-9-19-10-15(12)17/h2-8H,9-10H2,1H3. The Hall–Kier alpha value is -2.26. The zero-order valence-electron chi connectivity index (χ0n) is 11.2. The largest absolute Gasteiger partial charge is 0.497 e. The lowest BCUT2D eigenvalue weighted by atomic mass is 9.94. The van der Waals surface area contributed by atoms with Gasteiger partial charge in [-0.25, -0.2) is 0 Å². The molecule has 0 amide bonds. The predicted molar refractivity (Wildman–Crippen MR) is 76.7 cm³/mol. The highest BCUT2D eigenvalue weighted by molar-refractivity contribution is 5.97. The van der Waals surface area contributed by atoms with Gasteiger partial charge in [-0.15, -0.1) is 0 Å². The molecule has 0 bridgehead atoms. The van der Waals surface area contributed by atoms with Crippen LogP contribution in [-0.2, 0) is 18.0 Å². The van der Waals surface area contributed by atoms with E-state index in [9.17, 15) is 0 Å². The van der Waals surface area contributed by atoms with Gasteiger partial charge in [0, 0.05) is 5.39 Å². The Balaban J connectivity index is 1.99. The minimum Gasteiger partial charge on any atom is -0.497 e. The number of hydrogen-bond donors (Lipinski definition) is 0. The molecule has 1 aliphatic heterocycles. The normalized spacial score (nSPS) is 13.7. The summed E-state index contributed by atoms with van der Waals surface area (Å²) in [5.41, 5.74) is 5.79. The summed E-state index contributed by atoms with van der Waals surface area (Å²) in [4.78, 5) is 0. The van der Waals surface area contributed by atoms with E-state index in [0.29, 0.717) is 13.2 Å². The van der Waals surface area contributed by atoms with Crippen LogP contribution in [0.3, 0.4) is 0 Å². The van der Waals surface area contributed by atoms with Gasteiger partial charge in [0.15, 0.2) is 0 Å². The first-order valence-electron chi connectivity index (χ1n) is 6.61. The molecule has 20 heavy (non-hydrogen) atoms. The first-order valence-corrected chi connectivity index (χ1v) is 6.61. The second kappa shape index (κ2) is 4.39. The Morgan fingerprint density at radius 3 is 2.70 bits per heavy atom. The minimum atomic E-state index is 0.662. The van der Waals surface area contributed by atoms with Crippen LogP contribution in [0.15, 0.2) is 47.1 Å². The van der Waals surface area contributed by atoms with Gasteiger partial charge in [0.1, 0.15) is 11.3 Å². The molecule has 0 atom stereocenters. The highest BCUT2D eigenvalue weighted by atomic mass is 16.5. The summed E-state index contributed by atoms with van der Waals surface area (Å²) in [5.74, 6) is 0.862. The monoisotopic (exact) mass is 266 g/mol. The Bertz CT molecular complexity index is 769. The van der Waals surface area contributed by atoms with Gasteiger partial charge in [-0.3, -0.25) is 0 Å². The van der Waals surface area contributed by atoms with Crippen molar-refractivity contribution in [2.75, 3.05) is 7.11 Å². The minimum absolute atomic E-state index is 0.662. The molecular formula is C17H14O3. The molecule has 0 saturated carbocycles. The second-order valence-electron chi connectivity index (χ2n) is 4.94. The molecule has 0 spiro atoms. The van der Waals surface area contributed by atoms with Crippen molar-refractivity contribution in [3.63, 3.8) is 0 Å². The molecule has 0 saturated heterocycles. The summed E-state index contributed by atoms with van der Waals surface area (Å²) >= 11 is 0. The summed E-state index contributed by atoms with van der Waals surface area (Å²) in [6.07, 6.45) is 1.74. The molecule has 2 aromatic carbocycles. The van der Waals surface area contributed by atoms with Crippen molar-refractivity contribution in [2.45, 2.75) is 13.2 Å². The molecule has 0 unspecified atom stereocenters. The summed E-state index contributed by atoms with van der Waals surface area (Å²) in [6, 6.07) is 12.2. The fourth-order valence-corrected chi connectivity index (χ4v) is 2.85. The van der Waals surface area contributed by atoms with Crippen molar-refractivity contribution in [1.29, 1.82) is 0 Å². The molecule has 0 radical (unpaired) electrons. The average Bonchev–Trinajstić information content (AvgIpc) is 3.13. The molecule has 4 rings (SSSR count). The number of hydrogen-bond acceptors (Lipinski definition) is 3. The fraction of sp³-hybridized carbons (Fsp3) is 0.176. The van der Waals surface area contributed by atoms with E-state index in [2.05, 4.69) is 18.2 Å². The molecular weight excluding hydrogens is 252 g/mol. The summed E-state index contributed by atoms with van der Waals surface area (Å²) in [7, 11) is 1.68. The van der Waals surface area contributed by atoms with Gasteiger partial charge in [0.05, 0.1) is 26.6 Å². The zero-order valence-corrected chi connectivity index (χ0v) is 11.2. The van der Waals surface area contributed by atoms with E-state index in [0.717, 1.165) is 16.7 Å². The Labute approximate surface area is 116 Å². The van der Waals surface area contributed by atoms with E-state index in [1.807, 2.05) is 18.2 Å². The van der Waals surface area contributed by atoms with Gasteiger partial charge in [0.2, 0.25) is 0 Å². The number of furan rings is 1. The third-order valence-electron chi connectivity index (χ3n) is 3.84. The van der Waals surface area contributed by atoms with Crippen molar-refractivity contribution >= 4 is 11.0 Å². The van der Waals surface area contributed by atoms with Gasteiger partial charge < -0.3 is 13.9 Å². The Morgan fingerprint density at radius 2 is 1.90 bits per heavy atom. The number of fused-ring (bicyclic) bond motifs is 2. The van der Waals surface area contributed by atoms with Crippen LogP contribution in [0.25, 0.3) is 22.1 Å². The third kappa shape index (κ3) is 1.63. The molecule has 3 nitrogen and oxygen atoms in total. The van der Waals surface area contributed by atoms with Crippen LogP contribution >= 0.6 is 0 Å². The number of methoxy groups -OCH3 is 1. The maximum absolute atomic E-state index is 5.60. The topological polar surface area (TPSA) is 31.6 Å². The average molecular weight is 266 g/mol. The van der Waals surface area contributed by atoms with Crippen LogP contribution in [0.5, 0.6) is 5.75 Å². The fourth-order valence-electron chi connectivity index (χ4n) is 2.85. The van der Waals surface area contributed by atoms with Crippen LogP contribution in [0.1, 0.15) is 11.1 Å². The van der Waals surface area contributed by atoms with E-state index in [-0.39, 0.29) is 0 Å². The lowest BCUT2D eigenvalue weighted by molar-refractivity contribution is 0.134. The van der Waals surface area contributed by atoms with E-state index < -0.39 is 0 Å². The third-order valence-corrected chi connectivity index (χ3v) is 3.84. The Kier molecular flexibility index (Phi) is 2.54. The Morgan fingerprint density at radius 1 is 1.05 bits per heavy atom. The summed E-state index contributed by atoms with van der Waals surface area (Å²) in [5, 5.41) is 1.14. The SMILES string of the molecule is COc1ccc(-c2c3c(cc4occc24)COC3)cc1. The van der Waals surface area contributed by atoms with Crippen LogP contribution in [-0.4, -0.2) is 7.11 Å². The van der Waals surface area contributed by atoms with E-state index >= 15 is 0 Å². The molecule has 0 aliphatic carbocycles. The van der Waals surface area contributed by atoms with E-state index in [1.54, 1.807) is 13.4 Å². The summed E-state index contributed by atoms with van der Waals surface area (Å²) in [6.45, 7) is 1.33. The van der Waals surface area contributed by atoms with Gasteiger partial charge in [0.25, 0.3) is 0 Å². The van der Waals surface area contributed by atoms with Crippen LogP contribution in [0, 0.1) is 0 Å². The van der Waals surface area contributed by atoms with Gasteiger partial charge in [-0.2, -0.15) is 0 Å². The van der Waals surface area contributed by atoms with Crippen molar-refractivity contribution < 1.29 is 13.9 Å². The molecule has 1 aromatic heterocycles. The highest BCUT2D eigenvalue weighted by Crippen LogP contribution is 2.38. The first-order chi connectivity index (χ1) is 9.86. The number of benzene rings is 2. The molecule has 1 aliphatic rings. The lowest BCUT2D eigenvalue weighted by Gasteiger charge is -2.10. The van der Waals surface area contributed by atoms with Crippen LogP contribution < -0.4 is 4.74 Å². The van der Waals surface area contributed by atoms with E-state index in [1.165, 1.54) is 22.3 Å². The maximum Gasteiger partial charge on any atom is 0.134 e. The molecule has 3 heteroatoms. The first kappa shape index (κ1) is 11.6.